The van der Waals surface area contributed by atoms with E-state index in [0.717, 1.165) is 5.56 Å². The molecule has 0 bridgehead atoms. The van der Waals surface area contributed by atoms with Crippen molar-refractivity contribution in [1.29, 1.82) is 0 Å². The molecule has 0 saturated carbocycles. The molecule has 2 N–H and O–H groups in total. The van der Waals surface area contributed by atoms with Gasteiger partial charge in [-0.1, -0.05) is 30.3 Å². The van der Waals surface area contributed by atoms with E-state index in [4.69, 9.17) is 0 Å². The quantitative estimate of drug-likeness (QED) is 0.831. The first kappa shape index (κ1) is 14.3. The smallest absolute Gasteiger partial charge is 0.152 e. The van der Waals surface area contributed by atoms with Crippen molar-refractivity contribution < 1.29 is 15.0 Å². The summed E-state index contributed by atoms with van der Waals surface area (Å²) in [6.07, 6.45) is 2.97. The van der Waals surface area contributed by atoms with Gasteiger partial charge in [0.2, 0.25) is 0 Å². The summed E-state index contributed by atoms with van der Waals surface area (Å²) >= 11 is 3.29. The van der Waals surface area contributed by atoms with E-state index in [0.29, 0.717) is 15.6 Å². The van der Waals surface area contributed by atoms with E-state index in [2.05, 4.69) is 15.9 Å². The zero-order valence-electron chi connectivity index (χ0n) is 10.8. The van der Waals surface area contributed by atoms with Crippen LogP contribution < -0.4 is 0 Å². The Hall–Kier alpha value is -2.07. The number of phenols is 2. The van der Waals surface area contributed by atoms with Crippen LogP contribution in [0.15, 0.2) is 46.9 Å². The third-order valence-corrected chi connectivity index (χ3v) is 3.64. The van der Waals surface area contributed by atoms with E-state index in [-0.39, 0.29) is 17.3 Å². The Bertz CT molecular complexity index is 676. The molecule has 0 saturated heterocycles. The van der Waals surface area contributed by atoms with Crippen molar-refractivity contribution in [2.24, 2.45) is 0 Å². The molecule has 20 heavy (non-hydrogen) atoms. The van der Waals surface area contributed by atoms with E-state index in [1.807, 2.05) is 30.3 Å². The number of ketones is 1. The summed E-state index contributed by atoms with van der Waals surface area (Å²) in [6.45, 7) is 1.44. The Labute approximate surface area is 125 Å². The number of halogens is 1. The molecule has 0 spiro atoms. The summed E-state index contributed by atoms with van der Waals surface area (Å²) in [5.41, 5.74) is 1.92. The van der Waals surface area contributed by atoms with Gasteiger partial charge in [-0.25, -0.2) is 0 Å². The van der Waals surface area contributed by atoms with Crippen LogP contribution in [-0.4, -0.2) is 16.0 Å². The van der Waals surface area contributed by atoms with Gasteiger partial charge in [0, 0.05) is 17.2 Å². The van der Waals surface area contributed by atoms with Crippen LogP contribution >= 0.6 is 15.9 Å². The number of benzene rings is 2. The Kier molecular flexibility index (Phi) is 4.25. The molecule has 0 radical (unpaired) electrons. The first-order valence-corrected chi connectivity index (χ1v) is 6.78. The maximum Gasteiger partial charge on any atom is 0.152 e. The normalized spacial score (nSPS) is 10.9. The van der Waals surface area contributed by atoms with Gasteiger partial charge in [0.1, 0.15) is 11.5 Å². The Morgan fingerprint density at radius 2 is 1.80 bits per heavy atom. The number of carbonyl (C=O) groups excluding carboxylic acids is 1. The lowest BCUT2D eigenvalue weighted by Gasteiger charge is -2.12. The monoisotopic (exact) mass is 332 g/mol. The third-order valence-electron chi connectivity index (χ3n) is 2.81. The topological polar surface area (TPSA) is 57.5 Å². The van der Waals surface area contributed by atoms with Gasteiger partial charge < -0.3 is 10.2 Å². The fourth-order valence-electron chi connectivity index (χ4n) is 1.92. The Morgan fingerprint density at radius 3 is 2.40 bits per heavy atom. The van der Waals surface area contributed by atoms with E-state index < -0.39 is 0 Å². The molecule has 0 fully saturated rings. The molecule has 102 valence electrons. The zero-order chi connectivity index (χ0) is 14.7. The van der Waals surface area contributed by atoms with Crippen molar-refractivity contribution in [2.75, 3.05) is 0 Å². The molecule has 0 aliphatic heterocycles. The van der Waals surface area contributed by atoms with Gasteiger partial charge >= 0.3 is 0 Å². The molecule has 0 amide bonds. The van der Waals surface area contributed by atoms with Crippen LogP contribution in [-0.2, 0) is 4.79 Å². The third kappa shape index (κ3) is 2.91. The predicted molar refractivity (Wildman–Crippen MR) is 82.6 cm³/mol. The average molecular weight is 333 g/mol. The van der Waals surface area contributed by atoms with Gasteiger partial charge in [-0.15, -0.1) is 0 Å². The van der Waals surface area contributed by atoms with E-state index in [1.165, 1.54) is 19.1 Å². The van der Waals surface area contributed by atoms with Crippen LogP contribution in [0.2, 0.25) is 0 Å². The molecule has 0 unspecified atom stereocenters. The fourth-order valence-corrected chi connectivity index (χ4v) is 2.36. The lowest BCUT2D eigenvalue weighted by Crippen LogP contribution is -1.89. The van der Waals surface area contributed by atoms with Gasteiger partial charge in [0.25, 0.3) is 0 Å². The molecule has 2 aromatic carbocycles. The molecule has 2 aromatic rings. The van der Waals surface area contributed by atoms with Crippen molar-refractivity contribution in [3.8, 4) is 22.6 Å². The number of phenolic OH excluding ortho intramolecular Hbond substituents is 2. The highest BCUT2D eigenvalue weighted by molar-refractivity contribution is 9.10. The summed E-state index contributed by atoms with van der Waals surface area (Å²) in [5, 5.41) is 19.9. The first-order valence-electron chi connectivity index (χ1n) is 5.99. The molecule has 0 aliphatic rings. The number of allylic oxidation sites excluding steroid dienone is 1. The molecule has 4 heteroatoms. The van der Waals surface area contributed by atoms with Gasteiger partial charge in [0.05, 0.1) is 4.47 Å². The largest absolute Gasteiger partial charge is 0.507 e. The molecule has 0 heterocycles. The molecule has 2 rings (SSSR count). The molecule has 0 aliphatic carbocycles. The summed E-state index contributed by atoms with van der Waals surface area (Å²) < 4.78 is 0.437. The van der Waals surface area contributed by atoms with Crippen molar-refractivity contribution in [3.63, 3.8) is 0 Å². The van der Waals surface area contributed by atoms with Crippen molar-refractivity contribution in [3.05, 3.63) is 52.5 Å². The standard InChI is InChI=1S/C16H13BrO3/c1-10(18)7-8-12-15(11-5-3-2-4-6-11)13(19)9-14(20)16(12)17/h2-9,19-20H,1H3. The summed E-state index contributed by atoms with van der Waals surface area (Å²) in [5.74, 6) is -0.232. The maximum absolute atomic E-state index is 11.1. The minimum absolute atomic E-state index is 0.0416. The predicted octanol–water partition coefficient (Wildman–Crippen LogP) is 4.13. The van der Waals surface area contributed by atoms with E-state index in [1.54, 1.807) is 6.08 Å². The maximum atomic E-state index is 11.1. The molecular weight excluding hydrogens is 320 g/mol. The van der Waals surface area contributed by atoms with Crippen LogP contribution in [0.5, 0.6) is 11.5 Å². The minimum atomic E-state index is -0.112. The van der Waals surface area contributed by atoms with E-state index in [9.17, 15) is 15.0 Å². The van der Waals surface area contributed by atoms with Gasteiger partial charge in [-0.05, 0) is 40.6 Å². The first-order chi connectivity index (χ1) is 9.50. The van der Waals surface area contributed by atoms with Gasteiger partial charge in [-0.3, -0.25) is 4.79 Å². The van der Waals surface area contributed by atoms with Crippen molar-refractivity contribution in [2.45, 2.75) is 6.92 Å². The second-order valence-electron chi connectivity index (χ2n) is 4.33. The van der Waals surface area contributed by atoms with Crippen LogP contribution in [0.3, 0.4) is 0 Å². The number of hydrogen-bond donors (Lipinski definition) is 2. The van der Waals surface area contributed by atoms with Crippen molar-refractivity contribution >= 4 is 27.8 Å². The lowest BCUT2D eigenvalue weighted by atomic mass is 9.97. The molecule has 3 nitrogen and oxygen atoms in total. The lowest BCUT2D eigenvalue weighted by molar-refractivity contribution is -0.112. The van der Waals surface area contributed by atoms with Crippen LogP contribution in [0.1, 0.15) is 12.5 Å². The highest BCUT2D eigenvalue weighted by Crippen LogP contribution is 2.42. The highest BCUT2D eigenvalue weighted by Gasteiger charge is 2.15. The molecule has 0 atom stereocenters. The van der Waals surface area contributed by atoms with Crippen LogP contribution in [0.4, 0.5) is 0 Å². The number of hydrogen-bond acceptors (Lipinski definition) is 3. The van der Waals surface area contributed by atoms with Crippen LogP contribution in [0, 0.1) is 0 Å². The average Bonchev–Trinajstić information content (AvgIpc) is 2.42. The summed E-state index contributed by atoms with van der Waals surface area (Å²) in [7, 11) is 0. The summed E-state index contributed by atoms with van der Waals surface area (Å²) in [6, 6.07) is 10.6. The number of aromatic hydroxyl groups is 2. The fraction of sp³-hybridized carbons (Fsp3) is 0.0625. The highest BCUT2D eigenvalue weighted by atomic mass is 79.9. The minimum Gasteiger partial charge on any atom is -0.507 e. The second-order valence-corrected chi connectivity index (χ2v) is 5.12. The zero-order valence-corrected chi connectivity index (χ0v) is 12.4. The molecular formula is C16H13BrO3. The molecule has 0 aromatic heterocycles. The summed E-state index contributed by atoms with van der Waals surface area (Å²) in [4.78, 5) is 11.1. The van der Waals surface area contributed by atoms with Crippen molar-refractivity contribution in [1.82, 2.24) is 0 Å². The Morgan fingerprint density at radius 1 is 1.15 bits per heavy atom. The van der Waals surface area contributed by atoms with E-state index >= 15 is 0 Å². The van der Waals surface area contributed by atoms with Gasteiger partial charge in [-0.2, -0.15) is 0 Å². The van der Waals surface area contributed by atoms with Gasteiger partial charge in [0.15, 0.2) is 5.78 Å². The number of rotatable bonds is 3. The van der Waals surface area contributed by atoms with Crippen LogP contribution in [0.25, 0.3) is 17.2 Å². The number of carbonyl (C=O) groups is 1. The second kappa shape index (κ2) is 5.92. The Balaban J connectivity index is 2.72. The SMILES string of the molecule is CC(=O)C=Cc1c(Br)c(O)cc(O)c1-c1ccccc1.